The molecule has 0 aliphatic carbocycles. The van der Waals surface area contributed by atoms with Crippen molar-refractivity contribution in [2.75, 3.05) is 13.6 Å². The van der Waals surface area contributed by atoms with Gasteiger partial charge >= 0.3 is 0 Å². The summed E-state index contributed by atoms with van der Waals surface area (Å²) in [7, 11) is 1.93. The Hall–Kier alpha value is -1.15. The molecule has 0 aromatic heterocycles. The van der Waals surface area contributed by atoms with Crippen LogP contribution >= 0.6 is 0 Å². The minimum atomic E-state index is 0.131. The quantitative estimate of drug-likeness (QED) is 0.708. The molecule has 2 nitrogen and oxygen atoms in total. The Morgan fingerprint density at radius 2 is 2.23 bits per heavy atom. The molecule has 0 atom stereocenters. The Morgan fingerprint density at radius 1 is 1.46 bits per heavy atom. The van der Waals surface area contributed by atoms with Crippen LogP contribution in [0, 0.1) is 0 Å². The maximum Gasteiger partial charge on any atom is 0.159 e. The highest BCUT2D eigenvalue weighted by molar-refractivity contribution is 5.94. The molecule has 0 radical (unpaired) electrons. The molecule has 0 unspecified atom stereocenters. The van der Waals surface area contributed by atoms with Gasteiger partial charge in [-0.3, -0.25) is 4.79 Å². The third-order valence-electron chi connectivity index (χ3n) is 2.00. The number of benzene rings is 1. The first-order valence-corrected chi connectivity index (χ1v) is 4.48. The first-order valence-electron chi connectivity index (χ1n) is 4.48. The first-order chi connectivity index (χ1) is 6.24. The van der Waals surface area contributed by atoms with Crippen molar-refractivity contribution < 1.29 is 4.79 Å². The third kappa shape index (κ3) is 2.99. The fourth-order valence-corrected chi connectivity index (χ4v) is 1.22. The lowest BCUT2D eigenvalue weighted by Gasteiger charge is -2.02. The molecule has 0 aliphatic heterocycles. The summed E-state index contributed by atoms with van der Waals surface area (Å²) in [5.41, 5.74) is 2.01. The van der Waals surface area contributed by atoms with Crippen molar-refractivity contribution in [3.05, 3.63) is 35.4 Å². The van der Waals surface area contributed by atoms with Crippen LogP contribution < -0.4 is 5.32 Å². The number of hydrogen-bond acceptors (Lipinski definition) is 2. The Balaban J connectivity index is 2.73. The summed E-state index contributed by atoms with van der Waals surface area (Å²) in [5.74, 6) is 0.131. The zero-order chi connectivity index (χ0) is 9.68. The van der Waals surface area contributed by atoms with Crippen molar-refractivity contribution in [2.45, 2.75) is 13.3 Å². The summed E-state index contributed by atoms with van der Waals surface area (Å²) in [5, 5.41) is 3.08. The van der Waals surface area contributed by atoms with Crippen molar-refractivity contribution in [3.8, 4) is 0 Å². The molecule has 1 N–H and O–H groups in total. The molecule has 0 bridgehead atoms. The van der Waals surface area contributed by atoms with Crippen molar-refractivity contribution in [1.82, 2.24) is 5.32 Å². The van der Waals surface area contributed by atoms with Gasteiger partial charge in [0, 0.05) is 5.56 Å². The van der Waals surface area contributed by atoms with Crippen LogP contribution in [0.3, 0.4) is 0 Å². The van der Waals surface area contributed by atoms with Crippen LogP contribution in [0.5, 0.6) is 0 Å². The molecule has 0 aliphatic rings. The van der Waals surface area contributed by atoms with Crippen LogP contribution in [0.15, 0.2) is 24.3 Å². The molecule has 0 saturated carbocycles. The molecular formula is C11H15NO. The number of carbonyl (C=O) groups excluding carboxylic acids is 1. The number of ketones is 1. The minimum Gasteiger partial charge on any atom is -0.319 e. The molecular weight excluding hydrogens is 162 g/mol. The topological polar surface area (TPSA) is 29.1 Å². The molecule has 0 saturated heterocycles. The number of rotatable bonds is 4. The Kier molecular flexibility index (Phi) is 3.65. The van der Waals surface area contributed by atoms with Crippen molar-refractivity contribution in [2.24, 2.45) is 0 Å². The maximum absolute atomic E-state index is 11.1. The van der Waals surface area contributed by atoms with E-state index in [1.54, 1.807) is 6.92 Å². The van der Waals surface area contributed by atoms with Gasteiger partial charge in [-0.25, -0.2) is 0 Å². The normalized spacial score (nSPS) is 10.0. The molecule has 0 fully saturated rings. The maximum atomic E-state index is 11.1. The molecule has 13 heavy (non-hydrogen) atoms. The van der Waals surface area contributed by atoms with Gasteiger partial charge in [-0.05, 0) is 38.6 Å². The summed E-state index contributed by atoms with van der Waals surface area (Å²) >= 11 is 0. The van der Waals surface area contributed by atoms with Gasteiger partial charge in [0.05, 0.1) is 0 Å². The van der Waals surface area contributed by atoms with Crippen LogP contribution in [0.2, 0.25) is 0 Å². The minimum absolute atomic E-state index is 0.131. The molecule has 1 aromatic carbocycles. The summed E-state index contributed by atoms with van der Waals surface area (Å²) in [6.07, 6.45) is 0.970. The zero-order valence-corrected chi connectivity index (χ0v) is 8.13. The highest BCUT2D eigenvalue weighted by atomic mass is 16.1. The highest BCUT2D eigenvalue weighted by Gasteiger charge is 1.99. The lowest BCUT2D eigenvalue weighted by Crippen LogP contribution is -2.10. The smallest absolute Gasteiger partial charge is 0.159 e. The molecule has 0 heterocycles. The van der Waals surface area contributed by atoms with Gasteiger partial charge in [-0.2, -0.15) is 0 Å². The standard InChI is InChI=1S/C11H15NO/c1-9(13)11-5-3-4-10(8-11)6-7-12-2/h3-5,8,12H,6-7H2,1-2H3. The van der Waals surface area contributed by atoms with Crippen molar-refractivity contribution in [3.63, 3.8) is 0 Å². The molecule has 1 rings (SSSR count). The highest BCUT2D eigenvalue weighted by Crippen LogP contribution is 2.06. The van der Waals surface area contributed by atoms with Crippen molar-refractivity contribution >= 4 is 5.78 Å². The van der Waals surface area contributed by atoms with Crippen LogP contribution in [-0.4, -0.2) is 19.4 Å². The lowest BCUT2D eigenvalue weighted by molar-refractivity contribution is 0.101. The van der Waals surface area contributed by atoms with E-state index in [0.29, 0.717) is 0 Å². The van der Waals surface area contributed by atoms with Crippen LogP contribution in [0.4, 0.5) is 0 Å². The average Bonchev–Trinajstić information content (AvgIpc) is 2.15. The Morgan fingerprint density at radius 3 is 2.85 bits per heavy atom. The largest absolute Gasteiger partial charge is 0.319 e. The number of carbonyl (C=O) groups is 1. The summed E-state index contributed by atoms with van der Waals surface area (Å²) in [4.78, 5) is 11.1. The van der Waals surface area contributed by atoms with E-state index < -0.39 is 0 Å². The second-order valence-corrected chi connectivity index (χ2v) is 3.11. The van der Waals surface area contributed by atoms with E-state index in [0.717, 1.165) is 18.5 Å². The lowest BCUT2D eigenvalue weighted by atomic mass is 10.1. The summed E-state index contributed by atoms with van der Waals surface area (Å²) in [6.45, 7) is 2.54. The molecule has 0 spiro atoms. The van der Waals surface area contributed by atoms with Gasteiger partial charge in [0.2, 0.25) is 0 Å². The predicted molar refractivity (Wildman–Crippen MR) is 54.1 cm³/mol. The fraction of sp³-hybridized carbons (Fsp3) is 0.364. The van der Waals surface area contributed by atoms with Gasteiger partial charge in [-0.15, -0.1) is 0 Å². The van der Waals surface area contributed by atoms with Crippen LogP contribution in [0.25, 0.3) is 0 Å². The van der Waals surface area contributed by atoms with E-state index >= 15 is 0 Å². The SMILES string of the molecule is CNCCc1cccc(C(C)=O)c1. The number of Topliss-reactive ketones (excluding diaryl/α,β-unsaturated/α-hetero) is 1. The number of likely N-dealkylation sites (N-methyl/N-ethyl adjacent to an activating group) is 1. The van der Waals surface area contributed by atoms with Gasteiger partial charge in [0.15, 0.2) is 5.78 Å². The van der Waals surface area contributed by atoms with E-state index in [4.69, 9.17) is 0 Å². The number of nitrogens with one attached hydrogen (secondary N) is 1. The Labute approximate surface area is 79.0 Å². The van der Waals surface area contributed by atoms with Crippen LogP contribution in [0.1, 0.15) is 22.8 Å². The van der Waals surface area contributed by atoms with Gasteiger partial charge in [0.25, 0.3) is 0 Å². The van der Waals surface area contributed by atoms with E-state index in [9.17, 15) is 4.79 Å². The fourth-order valence-electron chi connectivity index (χ4n) is 1.22. The monoisotopic (exact) mass is 177 g/mol. The van der Waals surface area contributed by atoms with E-state index in [-0.39, 0.29) is 5.78 Å². The third-order valence-corrected chi connectivity index (χ3v) is 2.00. The predicted octanol–water partition coefficient (Wildman–Crippen LogP) is 1.65. The van der Waals surface area contributed by atoms with E-state index in [2.05, 4.69) is 5.32 Å². The second-order valence-electron chi connectivity index (χ2n) is 3.11. The zero-order valence-electron chi connectivity index (χ0n) is 8.13. The molecule has 2 heteroatoms. The van der Waals surface area contributed by atoms with Gasteiger partial charge in [0.1, 0.15) is 0 Å². The van der Waals surface area contributed by atoms with Crippen molar-refractivity contribution in [1.29, 1.82) is 0 Å². The second kappa shape index (κ2) is 4.77. The first kappa shape index (κ1) is 9.93. The average molecular weight is 177 g/mol. The number of hydrogen-bond donors (Lipinski definition) is 1. The molecule has 70 valence electrons. The molecule has 1 aromatic rings. The van der Waals surface area contributed by atoms with E-state index in [1.807, 2.05) is 31.3 Å². The van der Waals surface area contributed by atoms with Gasteiger partial charge < -0.3 is 5.32 Å². The summed E-state index contributed by atoms with van der Waals surface area (Å²) < 4.78 is 0. The van der Waals surface area contributed by atoms with Gasteiger partial charge in [-0.1, -0.05) is 18.2 Å². The molecule has 0 amide bonds. The summed E-state index contributed by atoms with van der Waals surface area (Å²) in [6, 6.07) is 7.79. The van der Waals surface area contributed by atoms with E-state index in [1.165, 1.54) is 5.56 Å². The Bertz CT molecular complexity index is 294. The van der Waals surface area contributed by atoms with Crippen LogP contribution in [-0.2, 0) is 6.42 Å².